The van der Waals surface area contributed by atoms with Crippen LogP contribution in [-0.2, 0) is 4.79 Å². The zero-order chi connectivity index (χ0) is 23.7. The highest BCUT2D eigenvalue weighted by molar-refractivity contribution is 5.99. The molecule has 1 aromatic heterocycles. The first-order chi connectivity index (χ1) is 16.5. The number of benzene rings is 2. The molecule has 3 aromatic rings. The minimum atomic E-state index is -0.181. The predicted molar refractivity (Wildman–Crippen MR) is 130 cm³/mol. The lowest BCUT2D eigenvalue weighted by atomic mass is 9.87. The van der Waals surface area contributed by atoms with Gasteiger partial charge in [0, 0.05) is 48.6 Å². The molecule has 5 rings (SSSR count). The van der Waals surface area contributed by atoms with Crippen LogP contribution in [0.3, 0.4) is 0 Å². The summed E-state index contributed by atoms with van der Waals surface area (Å²) in [5.74, 6) is 0.0388. The molecule has 1 atom stereocenters. The molecule has 3 heterocycles. The topological polar surface area (TPSA) is 86.4 Å². The first kappa shape index (κ1) is 22.3. The Labute approximate surface area is 199 Å². The monoisotopic (exact) mass is 458 g/mol. The largest absolute Gasteiger partial charge is 0.342 e. The Bertz CT molecular complexity index is 1210. The third-order valence-corrected chi connectivity index (χ3v) is 7.26. The van der Waals surface area contributed by atoms with Gasteiger partial charge in [-0.25, -0.2) is 0 Å². The summed E-state index contributed by atoms with van der Waals surface area (Å²) in [6.45, 7) is 4.32. The van der Waals surface area contributed by atoms with Gasteiger partial charge in [0.2, 0.25) is 5.91 Å². The number of fused-ring (bicyclic) bond motifs is 1. The number of carbonyl (C=O) groups excluding carboxylic acids is 3. The van der Waals surface area contributed by atoms with Gasteiger partial charge in [-0.1, -0.05) is 29.8 Å². The van der Waals surface area contributed by atoms with Crippen LogP contribution in [0, 0.1) is 18.8 Å². The van der Waals surface area contributed by atoms with Gasteiger partial charge >= 0.3 is 0 Å². The molecule has 2 aliphatic heterocycles. The fraction of sp³-hybridized carbons (Fsp3) is 0.407. The maximum atomic E-state index is 13.3. The highest BCUT2D eigenvalue weighted by atomic mass is 16.2. The van der Waals surface area contributed by atoms with Gasteiger partial charge in [-0.2, -0.15) is 5.10 Å². The molecule has 0 bridgehead atoms. The molecule has 7 nitrogen and oxygen atoms in total. The van der Waals surface area contributed by atoms with Crippen LogP contribution >= 0.6 is 0 Å². The summed E-state index contributed by atoms with van der Waals surface area (Å²) in [6, 6.07) is 13.3. The molecule has 7 heteroatoms. The van der Waals surface area contributed by atoms with E-state index in [0.29, 0.717) is 44.6 Å². The van der Waals surface area contributed by atoms with Crippen molar-refractivity contribution >= 4 is 28.5 Å². The first-order valence-corrected chi connectivity index (χ1v) is 12.1. The number of aromatic nitrogens is 2. The Balaban J connectivity index is 1.18. The van der Waals surface area contributed by atoms with Gasteiger partial charge in [0.25, 0.3) is 5.91 Å². The fourth-order valence-corrected chi connectivity index (χ4v) is 5.20. The average Bonchev–Trinajstić information content (AvgIpc) is 3.36. The number of H-pyrrole nitrogens is 1. The van der Waals surface area contributed by atoms with Crippen molar-refractivity contribution in [2.75, 3.05) is 26.2 Å². The fourth-order valence-electron chi connectivity index (χ4n) is 5.20. The second-order valence-electron chi connectivity index (χ2n) is 9.59. The number of piperidine rings is 2. The smallest absolute Gasteiger partial charge is 0.253 e. The second kappa shape index (κ2) is 9.41. The van der Waals surface area contributed by atoms with E-state index in [0.717, 1.165) is 34.9 Å². The maximum absolute atomic E-state index is 13.3. The standard InChI is InChI=1S/C27H30N4O3/c1-18-4-6-19(7-5-18)25(32)20-10-13-30(14-11-20)27(34)22-3-2-12-31(17-22)26(33)21-8-9-24-23(15-21)16-28-29-24/h4-9,15-16,20,22H,2-3,10-14,17H2,1H3,(H,28,29). The molecule has 1 unspecified atom stereocenters. The third kappa shape index (κ3) is 4.47. The van der Waals surface area contributed by atoms with Crippen molar-refractivity contribution in [1.82, 2.24) is 20.0 Å². The Hall–Kier alpha value is -3.48. The van der Waals surface area contributed by atoms with Gasteiger partial charge in [0.1, 0.15) is 0 Å². The molecule has 2 fully saturated rings. The normalized spacial score (nSPS) is 19.4. The van der Waals surface area contributed by atoms with Crippen molar-refractivity contribution in [2.24, 2.45) is 11.8 Å². The van der Waals surface area contributed by atoms with Crippen LogP contribution in [0.25, 0.3) is 10.9 Å². The zero-order valence-electron chi connectivity index (χ0n) is 19.5. The number of hydrogen-bond acceptors (Lipinski definition) is 4. The van der Waals surface area contributed by atoms with Gasteiger partial charge in [-0.05, 0) is 50.8 Å². The number of hydrogen-bond donors (Lipinski definition) is 1. The molecule has 34 heavy (non-hydrogen) atoms. The summed E-state index contributed by atoms with van der Waals surface area (Å²) in [7, 11) is 0. The molecule has 0 saturated carbocycles. The Kier molecular flexibility index (Phi) is 6.18. The van der Waals surface area contributed by atoms with Crippen LogP contribution in [-0.4, -0.2) is 63.8 Å². The van der Waals surface area contributed by atoms with Crippen LogP contribution in [0.4, 0.5) is 0 Å². The number of nitrogens with zero attached hydrogens (tertiary/aromatic N) is 3. The molecular weight excluding hydrogens is 428 g/mol. The highest BCUT2D eigenvalue weighted by Crippen LogP contribution is 2.26. The number of aryl methyl sites for hydroxylation is 1. The minimum Gasteiger partial charge on any atom is -0.342 e. The molecule has 0 radical (unpaired) electrons. The van der Waals surface area contributed by atoms with E-state index in [2.05, 4.69) is 10.2 Å². The van der Waals surface area contributed by atoms with Crippen LogP contribution < -0.4 is 0 Å². The summed E-state index contributed by atoms with van der Waals surface area (Å²) in [5.41, 5.74) is 3.41. The number of aromatic amines is 1. The summed E-state index contributed by atoms with van der Waals surface area (Å²) < 4.78 is 0. The Morgan fingerprint density at radius 1 is 0.882 bits per heavy atom. The third-order valence-electron chi connectivity index (χ3n) is 7.26. The van der Waals surface area contributed by atoms with Crippen molar-refractivity contribution in [2.45, 2.75) is 32.6 Å². The van der Waals surface area contributed by atoms with Crippen LogP contribution in [0.1, 0.15) is 52.0 Å². The number of amides is 2. The van der Waals surface area contributed by atoms with Crippen LogP contribution in [0.2, 0.25) is 0 Å². The van der Waals surface area contributed by atoms with E-state index < -0.39 is 0 Å². The average molecular weight is 459 g/mol. The van der Waals surface area contributed by atoms with Crippen molar-refractivity contribution in [3.8, 4) is 0 Å². The lowest BCUT2D eigenvalue weighted by Crippen LogP contribution is -2.49. The highest BCUT2D eigenvalue weighted by Gasteiger charge is 2.34. The molecular formula is C27H30N4O3. The molecule has 2 amide bonds. The van der Waals surface area contributed by atoms with E-state index in [4.69, 9.17) is 0 Å². The molecule has 2 aromatic carbocycles. The Morgan fingerprint density at radius 2 is 1.62 bits per heavy atom. The van der Waals surface area contributed by atoms with Crippen LogP contribution in [0.15, 0.2) is 48.7 Å². The van der Waals surface area contributed by atoms with Gasteiger partial charge in [0.05, 0.1) is 17.6 Å². The summed E-state index contributed by atoms with van der Waals surface area (Å²) in [6.07, 6.45) is 4.71. The maximum Gasteiger partial charge on any atom is 0.253 e. The number of carbonyl (C=O) groups is 3. The van der Waals surface area contributed by atoms with Crippen LogP contribution in [0.5, 0.6) is 0 Å². The van der Waals surface area contributed by atoms with Crippen molar-refractivity contribution in [3.05, 3.63) is 65.4 Å². The number of ketones is 1. The molecule has 176 valence electrons. The van der Waals surface area contributed by atoms with Crippen molar-refractivity contribution < 1.29 is 14.4 Å². The minimum absolute atomic E-state index is 0.0333. The van der Waals surface area contributed by atoms with Gasteiger partial charge in [-0.15, -0.1) is 0 Å². The first-order valence-electron chi connectivity index (χ1n) is 12.1. The van der Waals surface area contributed by atoms with Gasteiger partial charge in [-0.3, -0.25) is 19.5 Å². The predicted octanol–water partition coefficient (Wildman–Crippen LogP) is 3.85. The van der Waals surface area contributed by atoms with Gasteiger partial charge < -0.3 is 9.80 Å². The zero-order valence-corrected chi connectivity index (χ0v) is 19.5. The van der Waals surface area contributed by atoms with Gasteiger partial charge in [0.15, 0.2) is 5.78 Å². The Morgan fingerprint density at radius 3 is 2.38 bits per heavy atom. The number of likely N-dealkylation sites (tertiary alicyclic amines) is 2. The number of rotatable bonds is 4. The van der Waals surface area contributed by atoms with Crippen molar-refractivity contribution in [1.29, 1.82) is 0 Å². The van der Waals surface area contributed by atoms with E-state index in [1.807, 2.05) is 54.3 Å². The molecule has 1 N–H and O–H groups in total. The number of Topliss-reactive ketones (excluding diaryl/α,β-unsaturated/α-hetero) is 1. The van der Waals surface area contributed by atoms with E-state index in [-0.39, 0.29) is 29.4 Å². The molecule has 0 aliphatic carbocycles. The summed E-state index contributed by atoms with van der Waals surface area (Å²) >= 11 is 0. The summed E-state index contributed by atoms with van der Waals surface area (Å²) in [4.78, 5) is 42.9. The van der Waals surface area contributed by atoms with Crippen molar-refractivity contribution in [3.63, 3.8) is 0 Å². The molecule has 2 saturated heterocycles. The van der Waals surface area contributed by atoms with E-state index in [1.54, 1.807) is 11.1 Å². The quantitative estimate of drug-likeness (QED) is 0.602. The number of nitrogens with one attached hydrogen (secondary N) is 1. The summed E-state index contributed by atoms with van der Waals surface area (Å²) in [5, 5.41) is 7.82. The second-order valence-corrected chi connectivity index (χ2v) is 9.59. The lowest BCUT2D eigenvalue weighted by molar-refractivity contribution is -0.138. The molecule has 2 aliphatic rings. The van der Waals surface area contributed by atoms with E-state index >= 15 is 0 Å². The van der Waals surface area contributed by atoms with E-state index in [1.165, 1.54) is 0 Å². The lowest BCUT2D eigenvalue weighted by Gasteiger charge is -2.37. The van der Waals surface area contributed by atoms with E-state index in [9.17, 15) is 14.4 Å². The molecule has 0 spiro atoms. The SMILES string of the molecule is Cc1ccc(C(=O)C2CCN(C(=O)C3CCCN(C(=O)c4ccc5[nH]ncc5c4)C3)CC2)cc1.